The molecule has 0 saturated heterocycles. The van der Waals surface area contributed by atoms with E-state index in [0.29, 0.717) is 30.9 Å². The van der Waals surface area contributed by atoms with Gasteiger partial charge in [-0.1, -0.05) is 28.1 Å². The molecule has 0 bridgehead atoms. The summed E-state index contributed by atoms with van der Waals surface area (Å²) in [5, 5.41) is 26.8. The number of anilines is 2. The van der Waals surface area contributed by atoms with Gasteiger partial charge in [0.2, 0.25) is 11.8 Å². The van der Waals surface area contributed by atoms with Crippen LogP contribution in [0.15, 0.2) is 34.9 Å². The molecule has 0 radical (unpaired) electrons. The molecule has 1 aliphatic rings. The predicted octanol–water partition coefficient (Wildman–Crippen LogP) is 3.97. The third kappa shape index (κ3) is 5.62. The maximum atomic E-state index is 11.3. The Labute approximate surface area is 172 Å². The maximum absolute atomic E-state index is 11.3. The first-order chi connectivity index (χ1) is 13.5. The van der Waals surface area contributed by atoms with E-state index in [1.54, 1.807) is 0 Å². The summed E-state index contributed by atoms with van der Waals surface area (Å²) in [6.07, 6.45) is 5.24. The zero-order valence-electron chi connectivity index (χ0n) is 15.5. The van der Waals surface area contributed by atoms with Gasteiger partial charge in [0.05, 0.1) is 4.92 Å². The average molecular weight is 450 g/mol. The van der Waals surface area contributed by atoms with E-state index in [1.807, 2.05) is 24.3 Å². The molecule has 1 aromatic carbocycles. The molecule has 0 atom stereocenters. The van der Waals surface area contributed by atoms with Crippen LogP contribution in [0.2, 0.25) is 0 Å². The fraction of sp³-hybridized carbons (Fsp3) is 0.474. The van der Waals surface area contributed by atoms with E-state index in [-0.39, 0.29) is 18.1 Å². The largest absolute Gasteiger partial charge is 0.396 e. The zero-order valence-corrected chi connectivity index (χ0v) is 17.1. The highest BCUT2D eigenvalue weighted by atomic mass is 79.9. The van der Waals surface area contributed by atoms with Crippen LogP contribution in [0.4, 0.5) is 17.5 Å². The Balaban J connectivity index is 1.63. The van der Waals surface area contributed by atoms with Crippen molar-refractivity contribution in [3.8, 4) is 0 Å². The molecule has 9 heteroatoms. The van der Waals surface area contributed by atoms with Gasteiger partial charge in [-0.25, -0.2) is 4.98 Å². The number of benzene rings is 1. The molecule has 8 nitrogen and oxygen atoms in total. The lowest BCUT2D eigenvalue weighted by Gasteiger charge is -2.27. The molecule has 2 aromatic rings. The van der Waals surface area contributed by atoms with Gasteiger partial charge in [-0.2, -0.15) is 4.98 Å². The summed E-state index contributed by atoms with van der Waals surface area (Å²) in [7, 11) is 0. The van der Waals surface area contributed by atoms with E-state index in [4.69, 9.17) is 0 Å². The van der Waals surface area contributed by atoms with Crippen molar-refractivity contribution in [1.29, 1.82) is 0 Å². The maximum Gasteiger partial charge on any atom is 0.329 e. The molecule has 28 heavy (non-hydrogen) atoms. The second kappa shape index (κ2) is 9.79. The van der Waals surface area contributed by atoms with Crippen molar-refractivity contribution in [2.75, 3.05) is 23.8 Å². The number of rotatable bonds is 8. The molecule has 3 N–H and O–H groups in total. The first kappa shape index (κ1) is 20.5. The Morgan fingerprint density at radius 3 is 2.64 bits per heavy atom. The summed E-state index contributed by atoms with van der Waals surface area (Å²) in [5.41, 5.74) is 0.920. The summed E-state index contributed by atoms with van der Waals surface area (Å²) in [6, 6.07) is 7.85. The van der Waals surface area contributed by atoms with Gasteiger partial charge in [0.15, 0.2) is 0 Å². The normalized spacial score (nSPS) is 19.2. The summed E-state index contributed by atoms with van der Waals surface area (Å²) in [5.74, 6) is 1.40. The van der Waals surface area contributed by atoms with Gasteiger partial charge in [0, 0.05) is 24.2 Å². The molecule has 1 saturated carbocycles. The highest BCUT2D eigenvalue weighted by molar-refractivity contribution is 9.10. The van der Waals surface area contributed by atoms with E-state index in [2.05, 4.69) is 36.5 Å². The van der Waals surface area contributed by atoms with Crippen LogP contribution in [-0.4, -0.2) is 33.1 Å². The molecule has 0 amide bonds. The quantitative estimate of drug-likeness (QED) is 0.412. The summed E-state index contributed by atoms with van der Waals surface area (Å²) < 4.78 is 0.981. The van der Waals surface area contributed by atoms with E-state index in [0.717, 1.165) is 35.7 Å². The average Bonchev–Trinajstić information content (AvgIpc) is 2.71. The third-order valence-corrected chi connectivity index (χ3v) is 5.58. The molecule has 3 rings (SSSR count). The molecule has 1 aliphatic carbocycles. The van der Waals surface area contributed by atoms with Crippen molar-refractivity contribution in [2.45, 2.75) is 32.2 Å². The minimum absolute atomic E-state index is 0.128. The van der Waals surface area contributed by atoms with Crippen molar-refractivity contribution in [2.24, 2.45) is 11.8 Å². The Morgan fingerprint density at radius 1 is 1.21 bits per heavy atom. The van der Waals surface area contributed by atoms with E-state index in [1.165, 1.54) is 6.20 Å². The van der Waals surface area contributed by atoms with Crippen LogP contribution >= 0.6 is 15.9 Å². The van der Waals surface area contributed by atoms with Gasteiger partial charge >= 0.3 is 5.69 Å². The van der Waals surface area contributed by atoms with Crippen molar-refractivity contribution in [3.05, 3.63) is 50.6 Å². The van der Waals surface area contributed by atoms with Gasteiger partial charge in [-0.15, -0.1) is 0 Å². The van der Waals surface area contributed by atoms with Crippen molar-refractivity contribution < 1.29 is 10.0 Å². The van der Waals surface area contributed by atoms with Crippen LogP contribution in [0.1, 0.15) is 31.2 Å². The second-order valence-electron chi connectivity index (χ2n) is 7.12. The minimum atomic E-state index is -0.469. The fourth-order valence-corrected chi connectivity index (χ4v) is 3.86. The molecule has 0 unspecified atom stereocenters. The van der Waals surface area contributed by atoms with Gasteiger partial charge in [-0.05, 0) is 55.2 Å². The van der Waals surface area contributed by atoms with Crippen LogP contribution < -0.4 is 10.6 Å². The minimum Gasteiger partial charge on any atom is -0.396 e. The number of aliphatic hydroxyl groups is 1. The van der Waals surface area contributed by atoms with Crippen LogP contribution in [0.5, 0.6) is 0 Å². The van der Waals surface area contributed by atoms with Gasteiger partial charge < -0.3 is 15.7 Å². The van der Waals surface area contributed by atoms with Crippen LogP contribution in [-0.2, 0) is 6.54 Å². The summed E-state index contributed by atoms with van der Waals surface area (Å²) in [6.45, 7) is 1.38. The lowest BCUT2D eigenvalue weighted by atomic mass is 9.82. The second-order valence-corrected chi connectivity index (χ2v) is 8.03. The highest BCUT2D eigenvalue weighted by Gasteiger charge is 2.22. The predicted molar refractivity (Wildman–Crippen MR) is 111 cm³/mol. The topological polar surface area (TPSA) is 113 Å². The van der Waals surface area contributed by atoms with Crippen LogP contribution in [0.25, 0.3) is 0 Å². The Bertz CT molecular complexity index is 812. The molecular weight excluding hydrogens is 426 g/mol. The Hall–Kier alpha value is -2.26. The monoisotopic (exact) mass is 449 g/mol. The van der Waals surface area contributed by atoms with Crippen LogP contribution in [0.3, 0.4) is 0 Å². The SMILES string of the molecule is O=[N+]([O-])c1cnc(NCc2cccc(Br)c2)nc1NCC1CCC(CO)CC1. The highest BCUT2D eigenvalue weighted by Crippen LogP contribution is 2.29. The molecule has 0 aliphatic heterocycles. The zero-order chi connectivity index (χ0) is 19.9. The number of nitrogens with zero attached hydrogens (tertiary/aromatic N) is 3. The Kier molecular flexibility index (Phi) is 7.16. The number of halogens is 1. The number of aliphatic hydroxyl groups excluding tert-OH is 1. The Morgan fingerprint density at radius 2 is 1.96 bits per heavy atom. The summed E-state index contributed by atoms with van der Waals surface area (Å²) in [4.78, 5) is 19.2. The number of nitro groups is 1. The molecule has 1 aromatic heterocycles. The fourth-order valence-electron chi connectivity index (χ4n) is 3.41. The molecule has 0 spiro atoms. The first-order valence-electron chi connectivity index (χ1n) is 9.39. The van der Waals surface area contributed by atoms with Crippen molar-refractivity contribution in [3.63, 3.8) is 0 Å². The van der Waals surface area contributed by atoms with Crippen molar-refractivity contribution in [1.82, 2.24) is 9.97 Å². The number of aromatic nitrogens is 2. The van der Waals surface area contributed by atoms with E-state index >= 15 is 0 Å². The molecule has 150 valence electrons. The number of hydrogen-bond acceptors (Lipinski definition) is 7. The number of hydrogen-bond donors (Lipinski definition) is 3. The molecule has 1 fully saturated rings. The van der Waals surface area contributed by atoms with Gasteiger partial charge in [0.1, 0.15) is 6.20 Å². The van der Waals surface area contributed by atoms with Crippen LogP contribution in [0, 0.1) is 22.0 Å². The lowest BCUT2D eigenvalue weighted by molar-refractivity contribution is -0.384. The van der Waals surface area contributed by atoms with E-state index in [9.17, 15) is 15.2 Å². The van der Waals surface area contributed by atoms with Gasteiger partial charge in [0.25, 0.3) is 0 Å². The lowest BCUT2D eigenvalue weighted by Crippen LogP contribution is -2.23. The molecule has 1 heterocycles. The first-order valence-corrected chi connectivity index (χ1v) is 10.2. The third-order valence-electron chi connectivity index (χ3n) is 5.09. The molecular formula is C19H24BrN5O3. The van der Waals surface area contributed by atoms with Crippen molar-refractivity contribution >= 4 is 33.4 Å². The van der Waals surface area contributed by atoms with E-state index < -0.39 is 4.92 Å². The summed E-state index contributed by atoms with van der Waals surface area (Å²) >= 11 is 3.43. The standard InChI is InChI=1S/C19H24BrN5O3/c20-16-3-1-2-15(8-16)10-22-19-23-11-17(25(27)28)18(24-19)21-9-13-4-6-14(12-26)7-5-13/h1-3,8,11,13-14,26H,4-7,9-10,12H2,(H2,21,22,23,24). The van der Waals surface area contributed by atoms with Gasteiger partial charge in [-0.3, -0.25) is 10.1 Å². The number of nitrogens with one attached hydrogen (secondary N) is 2. The smallest absolute Gasteiger partial charge is 0.329 e.